The maximum absolute atomic E-state index is 12.4. The van der Waals surface area contributed by atoms with Crippen molar-refractivity contribution in [2.24, 2.45) is 0 Å². The summed E-state index contributed by atoms with van der Waals surface area (Å²) in [5.41, 5.74) is -0.207. The molecular formula is C19H22N4O4S2. The van der Waals surface area contributed by atoms with Crippen LogP contribution in [0.3, 0.4) is 0 Å². The van der Waals surface area contributed by atoms with E-state index in [2.05, 4.69) is 20.2 Å². The van der Waals surface area contributed by atoms with Crippen LogP contribution >= 0.6 is 11.3 Å². The number of benzene rings is 1. The van der Waals surface area contributed by atoms with Crippen molar-refractivity contribution in [3.63, 3.8) is 0 Å². The number of nitrogens with one attached hydrogen (secondary N) is 2. The maximum Gasteiger partial charge on any atom is 0.241 e. The second-order valence-electron chi connectivity index (χ2n) is 7.42. The molecule has 1 aromatic carbocycles. The molecule has 2 N–H and O–H groups in total. The molecule has 0 saturated carbocycles. The Morgan fingerprint density at radius 3 is 2.69 bits per heavy atom. The van der Waals surface area contributed by atoms with Gasteiger partial charge in [-0.1, -0.05) is 17.3 Å². The quantitative estimate of drug-likeness (QED) is 0.589. The van der Waals surface area contributed by atoms with Gasteiger partial charge in [0.25, 0.3) is 0 Å². The van der Waals surface area contributed by atoms with Crippen LogP contribution < -0.4 is 10.0 Å². The SMILES string of the molecule is CC(C)(C)NS(=O)(=O)c1cccc(NC(=O)CCc2nc(-c3cccs3)no2)c1. The van der Waals surface area contributed by atoms with Gasteiger partial charge in [-0.3, -0.25) is 4.79 Å². The van der Waals surface area contributed by atoms with Crippen LogP contribution in [0.15, 0.2) is 51.2 Å². The summed E-state index contributed by atoms with van der Waals surface area (Å²) in [5, 5.41) is 8.53. The van der Waals surface area contributed by atoms with Gasteiger partial charge in [0.15, 0.2) is 0 Å². The zero-order chi connectivity index (χ0) is 21.1. The third-order valence-electron chi connectivity index (χ3n) is 3.64. The summed E-state index contributed by atoms with van der Waals surface area (Å²) in [6.45, 7) is 5.28. The molecule has 0 bridgehead atoms. The van der Waals surface area contributed by atoms with Crippen molar-refractivity contribution in [1.82, 2.24) is 14.9 Å². The molecule has 0 fully saturated rings. The third kappa shape index (κ3) is 5.96. The van der Waals surface area contributed by atoms with E-state index in [9.17, 15) is 13.2 Å². The highest BCUT2D eigenvalue weighted by Crippen LogP contribution is 2.22. The maximum atomic E-state index is 12.4. The zero-order valence-corrected chi connectivity index (χ0v) is 17.9. The number of amides is 1. The minimum absolute atomic E-state index is 0.0858. The van der Waals surface area contributed by atoms with E-state index in [0.717, 1.165) is 4.88 Å². The van der Waals surface area contributed by atoms with E-state index < -0.39 is 15.6 Å². The highest BCUT2D eigenvalue weighted by atomic mass is 32.2. The van der Waals surface area contributed by atoms with Crippen LogP contribution in [-0.2, 0) is 21.2 Å². The van der Waals surface area contributed by atoms with E-state index in [-0.39, 0.29) is 23.6 Å². The largest absolute Gasteiger partial charge is 0.339 e. The summed E-state index contributed by atoms with van der Waals surface area (Å²) < 4.78 is 32.7. The van der Waals surface area contributed by atoms with Gasteiger partial charge in [-0.2, -0.15) is 4.98 Å². The number of sulfonamides is 1. The van der Waals surface area contributed by atoms with E-state index in [1.165, 1.54) is 23.5 Å². The van der Waals surface area contributed by atoms with E-state index >= 15 is 0 Å². The molecule has 0 atom stereocenters. The van der Waals surface area contributed by atoms with Gasteiger partial charge in [-0.15, -0.1) is 11.3 Å². The molecule has 0 saturated heterocycles. The summed E-state index contributed by atoms with van der Waals surface area (Å²) >= 11 is 1.50. The van der Waals surface area contributed by atoms with Crippen molar-refractivity contribution in [2.75, 3.05) is 5.32 Å². The molecule has 0 spiro atoms. The van der Waals surface area contributed by atoms with E-state index in [1.54, 1.807) is 32.9 Å². The minimum Gasteiger partial charge on any atom is -0.339 e. The summed E-state index contributed by atoms with van der Waals surface area (Å²) in [6.07, 6.45) is 0.414. The van der Waals surface area contributed by atoms with Crippen LogP contribution in [-0.4, -0.2) is 30.0 Å². The van der Waals surface area contributed by atoms with Crippen LogP contribution in [0.4, 0.5) is 5.69 Å². The van der Waals surface area contributed by atoms with Crippen molar-refractivity contribution in [1.29, 1.82) is 0 Å². The lowest BCUT2D eigenvalue weighted by atomic mass is 10.1. The fourth-order valence-electron chi connectivity index (χ4n) is 2.51. The molecule has 29 heavy (non-hydrogen) atoms. The summed E-state index contributed by atoms with van der Waals surface area (Å²) in [4.78, 5) is 17.5. The molecule has 1 amide bonds. The Labute approximate surface area is 173 Å². The number of nitrogens with zero attached hydrogens (tertiary/aromatic N) is 2. The first kappa shape index (κ1) is 21.2. The van der Waals surface area contributed by atoms with Gasteiger partial charge < -0.3 is 9.84 Å². The highest BCUT2D eigenvalue weighted by molar-refractivity contribution is 7.89. The van der Waals surface area contributed by atoms with Crippen LogP contribution in [0, 0.1) is 0 Å². The number of aryl methyl sites for hydroxylation is 1. The van der Waals surface area contributed by atoms with Crippen LogP contribution in [0.25, 0.3) is 10.7 Å². The smallest absolute Gasteiger partial charge is 0.241 e. The molecule has 0 unspecified atom stereocenters. The zero-order valence-electron chi connectivity index (χ0n) is 16.3. The molecule has 10 heteroatoms. The predicted octanol–water partition coefficient (Wildman–Crippen LogP) is 3.45. The van der Waals surface area contributed by atoms with Gasteiger partial charge >= 0.3 is 0 Å². The molecule has 0 radical (unpaired) electrons. The molecule has 3 aromatic rings. The molecule has 8 nitrogen and oxygen atoms in total. The van der Waals surface area contributed by atoms with Gasteiger partial charge in [0.1, 0.15) is 0 Å². The fourth-order valence-corrected chi connectivity index (χ4v) is 4.62. The lowest BCUT2D eigenvalue weighted by Gasteiger charge is -2.20. The number of carbonyl (C=O) groups excluding carboxylic acids is 1. The first-order valence-electron chi connectivity index (χ1n) is 8.93. The molecule has 2 heterocycles. The summed E-state index contributed by atoms with van der Waals surface area (Å²) in [6, 6.07) is 9.91. The Morgan fingerprint density at radius 1 is 1.21 bits per heavy atom. The van der Waals surface area contributed by atoms with Crippen molar-refractivity contribution >= 4 is 33.0 Å². The average molecular weight is 435 g/mol. The first-order valence-corrected chi connectivity index (χ1v) is 11.3. The Kier molecular flexibility index (Phi) is 6.15. The summed E-state index contributed by atoms with van der Waals surface area (Å²) in [7, 11) is -3.68. The van der Waals surface area contributed by atoms with Gasteiger partial charge in [-0.25, -0.2) is 13.1 Å². The first-order chi connectivity index (χ1) is 13.6. The van der Waals surface area contributed by atoms with E-state index in [4.69, 9.17) is 4.52 Å². The molecule has 0 aliphatic heterocycles. The van der Waals surface area contributed by atoms with Crippen molar-refractivity contribution in [2.45, 2.75) is 44.0 Å². The van der Waals surface area contributed by atoms with Gasteiger partial charge in [0.05, 0.1) is 9.77 Å². The van der Waals surface area contributed by atoms with Crippen LogP contribution in [0.5, 0.6) is 0 Å². The second kappa shape index (κ2) is 8.44. The molecule has 2 aromatic heterocycles. The van der Waals surface area contributed by atoms with Crippen LogP contribution in [0.2, 0.25) is 0 Å². The normalized spacial score (nSPS) is 12.1. The molecule has 3 rings (SSSR count). The molecule has 154 valence electrons. The topological polar surface area (TPSA) is 114 Å². The number of aromatic nitrogens is 2. The minimum atomic E-state index is -3.68. The van der Waals surface area contributed by atoms with E-state index in [0.29, 0.717) is 17.4 Å². The molecule has 0 aliphatic rings. The van der Waals surface area contributed by atoms with E-state index in [1.807, 2.05) is 17.5 Å². The van der Waals surface area contributed by atoms with Crippen LogP contribution in [0.1, 0.15) is 33.1 Å². The fraction of sp³-hybridized carbons (Fsp3) is 0.316. The predicted molar refractivity (Wildman–Crippen MR) is 111 cm³/mol. The number of carbonyl (C=O) groups is 1. The lowest BCUT2D eigenvalue weighted by Crippen LogP contribution is -2.40. The molecule has 0 aliphatic carbocycles. The molecular weight excluding hydrogens is 412 g/mol. The van der Waals surface area contributed by atoms with Crippen molar-refractivity contribution in [3.8, 4) is 10.7 Å². The second-order valence-corrected chi connectivity index (χ2v) is 10.1. The number of anilines is 1. The van der Waals surface area contributed by atoms with Gasteiger partial charge in [0, 0.05) is 24.1 Å². The Morgan fingerprint density at radius 2 is 2.00 bits per heavy atom. The summed E-state index contributed by atoms with van der Waals surface area (Å²) in [5.74, 6) is 0.591. The Bertz CT molecular complexity index is 1080. The highest BCUT2D eigenvalue weighted by Gasteiger charge is 2.22. The van der Waals surface area contributed by atoms with Crippen molar-refractivity contribution < 1.29 is 17.7 Å². The van der Waals surface area contributed by atoms with Gasteiger partial charge in [0.2, 0.25) is 27.6 Å². The number of hydrogen-bond donors (Lipinski definition) is 2. The lowest BCUT2D eigenvalue weighted by molar-refractivity contribution is -0.116. The Balaban J connectivity index is 1.60. The number of rotatable bonds is 7. The average Bonchev–Trinajstić information content (AvgIpc) is 3.30. The van der Waals surface area contributed by atoms with Crippen molar-refractivity contribution in [3.05, 3.63) is 47.7 Å². The third-order valence-corrected chi connectivity index (χ3v) is 6.27. The number of hydrogen-bond acceptors (Lipinski definition) is 7. The standard InChI is InChI=1S/C19H22N4O4S2/c1-19(2,3)23-29(25,26)14-7-4-6-13(12-14)20-16(24)9-10-17-21-18(22-27-17)15-8-5-11-28-15/h4-8,11-12,23H,9-10H2,1-3H3,(H,20,24). The number of thiophene rings is 1. The van der Waals surface area contributed by atoms with Gasteiger partial charge in [-0.05, 0) is 50.4 Å². The Hall–Kier alpha value is -2.56. The monoisotopic (exact) mass is 434 g/mol.